The Morgan fingerprint density at radius 2 is 1.37 bits per heavy atom. The van der Waals surface area contributed by atoms with Crippen molar-refractivity contribution in [1.82, 2.24) is 0 Å². The maximum absolute atomic E-state index is 5.36. The van der Waals surface area contributed by atoms with E-state index in [1.54, 1.807) is 0 Å². The molecule has 0 aliphatic rings. The van der Waals surface area contributed by atoms with Crippen molar-refractivity contribution in [3.8, 4) is 0 Å². The molecule has 1 aromatic carbocycles. The lowest BCUT2D eigenvalue weighted by Crippen LogP contribution is -1.89. The van der Waals surface area contributed by atoms with E-state index in [0.29, 0.717) is 0 Å². The summed E-state index contributed by atoms with van der Waals surface area (Å²) in [4.78, 5) is 0. The minimum Gasteiger partial charge on any atom is -0.399 e. The molecule has 0 aliphatic heterocycles. The number of allylic oxidation sites excluding steroid dienone is 3. The van der Waals surface area contributed by atoms with E-state index in [2.05, 4.69) is 38.1 Å². The van der Waals surface area contributed by atoms with Gasteiger partial charge in [0.2, 0.25) is 0 Å². The van der Waals surface area contributed by atoms with Crippen molar-refractivity contribution in [2.75, 3.05) is 0 Å². The Balaban J connectivity index is -0.000000215. The molecule has 0 aliphatic carbocycles. The van der Waals surface area contributed by atoms with Gasteiger partial charge in [-0.3, -0.25) is 0 Å². The van der Waals surface area contributed by atoms with Crippen LogP contribution in [-0.2, 0) is 0 Å². The zero-order chi connectivity index (χ0) is 15.7. The quantitative estimate of drug-likeness (QED) is 0.638. The number of aryl methyl sites for hydroxylation is 2. The van der Waals surface area contributed by atoms with Gasteiger partial charge in [-0.1, -0.05) is 75.2 Å². The molecule has 19 heavy (non-hydrogen) atoms. The second-order valence-corrected chi connectivity index (χ2v) is 3.45. The number of hydrogen-bond acceptors (Lipinski definition) is 1. The van der Waals surface area contributed by atoms with Crippen LogP contribution in [0, 0.1) is 13.8 Å². The van der Waals surface area contributed by atoms with Crippen molar-refractivity contribution >= 4 is 0 Å². The summed E-state index contributed by atoms with van der Waals surface area (Å²) in [6.45, 7) is 16.1. The van der Waals surface area contributed by atoms with Gasteiger partial charge in [0.25, 0.3) is 0 Å². The van der Waals surface area contributed by atoms with Gasteiger partial charge in [-0.15, -0.1) is 0 Å². The summed E-state index contributed by atoms with van der Waals surface area (Å²) < 4.78 is 0. The molecule has 1 rings (SSSR count). The van der Waals surface area contributed by atoms with Crippen LogP contribution in [0.1, 0.15) is 52.7 Å². The highest BCUT2D eigenvalue weighted by Crippen LogP contribution is 2.00. The predicted octanol–water partition coefficient (Wildman–Crippen LogP) is 5.78. The number of rotatable bonds is 1. The van der Waals surface area contributed by atoms with Gasteiger partial charge in [-0.05, 0) is 33.8 Å². The summed E-state index contributed by atoms with van der Waals surface area (Å²) in [5.74, 6) is 0. The Labute approximate surface area is 121 Å². The summed E-state index contributed by atoms with van der Waals surface area (Å²) in [5, 5.41) is 0. The first kappa shape index (κ1) is 22.7. The maximum atomic E-state index is 5.36. The molecule has 0 unspecified atom stereocenters. The van der Waals surface area contributed by atoms with Crippen LogP contribution in [0.5, 0.6) is 0 Å². The lowest BCUT2D eigenvalue weighted by Gasteiger charge is -1.90. The first-order valence-corrected chi connectivity index (χ1v) is 7.18. The molecule has 0 spiro atoms. The molecule has 0 amide bonds. The van der Waals surface area contributed by atoms with Crippen LogP contribution in [-0.4, -0.2) is 0 Å². The Bertz CT molecular complexity index is 318. The SMILES string of the molecule is C/C=C\C(N)=C/C.CC.CC.Cc1cccc(C)c1. The number of nitrogens with two attached hydrogens (primary N) is 1. The van der Waals surface area contributed by atoms with Crippen LogP contribution in [0.15, 0.2) is 48.2 Å². The molecule has 0 aromatic heterocycles. The predicted molar refractivity (Wildman–Crippen MR) is 91.4 cm³/mol. The van der Waals surface area contributed by atoms with Gasteiger partial charge in [0.1, 0.15) is 0 Å². The van der Waals surface area contributed by atoms with E-state index in [0.717, 1.165) is 5.70 Å². The van der Waals surface area contributed by atoms with Crippen molar-refractivity contribution in [3.63, 3.8) is 0 Å². The Kier molecular flexibility index (Phi) is 22.5. The Morgan fingerprint density at radius 3 is 1.53 bits per heavy atom. The van der Waals surface area contributed by atoms with Crippen molar-refractivity contribution in [2.24, 2.45) is 5.73 Å². The maximum Gasteiger partial charge on any atom is 0.0267 e. The zero-order valence-corrected chi connectivity index (χ0v) is 14.1. The Hall–Kier alpha value is -1.50. The fraction of sp³-hybridized carbons (Fsp3) is 0.444. The summed E-state index contributed by atoms with van der Waals surface area (Å²) >= 11 is 0. The number of hydrogen-bond donors (Lipinski definition) is 1. The minimum atomic E-state index is 0.822. The molecular weight excluding hydrogens is 230 g/mol. The van der Waals surface area contributed by atoms with Gasteiger partial charge in [-0.25, -0.2) is 0 Å². The zero-order valence-electron chi connectivity index (χ0n) is 14.1. The lowest BCUT2D eigenvalue weighted by molar-refractivity contribution is 1.39. The molecule has 0 fully saturated rings. The molecule has 0 atom stereocenters. The van der Waals surface area contributed by atoms with Gasteiger partial charge in [0.15, 0.2) is 0 Å². The van der Waals surface area contributed by atoms with Crippen LogP contribution in [0.4, 0.5) is 0 Å². The van der Waals surface area contributed by atoms with Crippen molar-refractivity contribution in [3.05, 3.63) is 59.3 Å². The first-order valence-electron chi connectivity index (χ1n) is 7.18. The third-order valence-electron chi connectivity index (χ3n) is 1.87. The normalized spacial score (nSPS) is 9.37. The van der Waals surface area contributed by atoms with Crippen molar-refractivity contribution in [2.45, 2.75) is 55.4 Å². The second-order valence-electron chi connectivity index (χ2n) is 3.45. The molecule has 0 saturated heterocycles. The highest BCUT2D eigenvalue weighted by Gasteiger charge is 1.80. The Morgan fingerprint density at radius 1 is 0.947 bits per heavy atom. The molecule has 0 heterocycles. The van der Waals surface area contributed by atoms with Crippen molar-refractivity contribution in [1.29, 1.82) is 0 Å². The molecular formula is C18H33N. The molecule has 1 nitrogen and oxygen atoms in total. The van der Waals surface area contributed by atoms with E-state index < -0.39 is 0 Å². The third-order valence-corrected chi connectivity index (χ3v) is 1.87. The average Bonchev–Trinajstić information content (AvgIpc) is 2.44. The van der Waals surface area contributed by atoms with E-state index in [9.17, 15) is 0 Å². The lowest BCUT2D eigenvalue weighted by atomic mass is 10.2. The van der Waals surface area contributed by atoms with Gasteiger partial charge in [-0.2, -0.15) is 0 Å². The number of benzene rings is 1. The van der Waals surface area contributed by atoms with E-state index in [4.69, 9.17) is 5.73 Å². The van der Waals surface area contributed by atoms with Crippen LogP contribution < -0.4 is 5.73 Å². The fourth-order valence-corrected chi connectivity index (χ4v) is 1.10. The first-order chi connectivity index (χ1) is 9.10. The van der Waals surface area contributed by atoms with Gasteiger partial charge in [0.05, 0.1) is 0 Å². The second kappa shape index (κ2) is 18.9. The molecule has 2 N–H and O–H groups in total. The monoisotopic (exact) mass is 263 g/mol. The molecule has 1 aromatic rings. The molecule has 0 radical (unpaired) electrons. The summed E-state index contributed by atoms with van der Waals surface area (Å²) in [6, 6.07) is 8.45. The molecule has 1 heteroatoms. The van der Waals surface area contributed by atoms with Crippen LogP contribution in [0.2, 0.25) is 0 Å². The third kappa shape index (κ3) is 19.0. The minimum absolute atomic E-state index is 0.822. The summed E-state index contributed by atoms with van der Waals surface area (Å²) in [6.07, 6.45) is 5.63. The molecule has 110 valence electrons. The van der Waals surface area contributed by atoms with Crippen LogP contribution in [0.3, 0.4) is 0 Å². The highest BCUT2D eigenvalue weighted by atomic mass is 14.5. The van der Waals surface area contributed by atoms with Gasteiger partial charge >= 0.3 is 0 Å². The van der Waals surface area contributed by atoms with Gasteiger partial charge in [0, 0.05) is 5.70 Å². The molecule has 0 saturated carbocycles. The van der Waals surface area contributed by atoms with Crippen LogP contribution >= 0.6 is 0 Å². The summed E-state index contributed by atoms with van der Waals surface area (Å²) in [7, 11) is 0. The summed E-state index contributed by atoms with van der Waals surface area (Å²) in [5.41, 5.74) is 8.86. The molecule has 0 bridgehead atoms. The van der Waals surface area contributed by atoms with Crippen molar-refractivity contribution < 1.29 is 0 Å². The smallest absolute Gasteiger partial charge is 0.0267 e. The average molecular weight is 263 g/mol. The van der Waals surface area contributed by atoms with E-state index >= 15 is 0 Å². The highest BCUT2D eigenvalue weighted by molar-refractivity contribution is 5.20. The topological polar surface area (TPSA) is 26.0 Å². The van der Waals surface area contributed by atoms with Crippen LogP contribution in [0.25, 0.3) is 0 Å². The van der Waals surface area contributed by atoms with E-state index in [1.165, 1.54) is 11.1 Å². The van der Waals surface area contributed by atoms with Gasteiger partial charge < -0.3 is 5.73 Å². The van der Waals surface area contributed by atoms with E-state index in [1.807, 2.05) is 59.8 Å². The largest absolute Gasteiger partial charge is 0.399 e. The van der Waals surface area contributed by atoms with E-state index in [-0.39, 0.29) is 0 Å². The standard InChI is InChI=1S/C8H10.C6H11N.2C2H6/c1-7-4-3-5-8(2)6-7;1-3-5-6(7)4-2;2*1-2/h3-6H,1-2H3;3-5H,7H2,1-2H3;2*1-2H3/b;5-3-,6-4+;;. The fourth-order valence-electron chi connectivity index (χ4n) is 1.10.